The molecule has 0 fully saturated rings. The zero-order valence-electron chi connectivity index (χ0n) is 9.71. The summed E-state index contributed by atoms with van der Waals surface area (Å²) in [6.07, 6.45) is 0. The first-order valence-electron chi connectivity index (χ1n) is 5.32. The van der Waals surface area contributed by atoms with Crippen LogP contribution in [0.4, 0.5) is 4.39 Å². The number of benzene rings is 1. The van der Waals surface area contributed by atoms with Crippen LogP contribution >= 0.6 is 15.9 Å². The molecule has 0 aliphatic carbocycles. The number of amides is 1. The number of carbonyl (C=O) groups excluding carboxylic acids is 1. The number of aliphatic hydroxyl groups excluding tert-OH is 1. The van der Waals surface area contributed by atoms with Crippen molar-refractivity contribution in [2.24, 2.45) is 5.92 Å². The Morgan fingerprint density at radius 1 is 1.53 bits per heavy atom. The SMILES string of the molecule is CC(C)[C@@H](CO)NC(=O)c1cc(Br)ccc1F. The Hall–Kier alpha value is -0.940. The van der Waals surface area contributed by atoms with Crippen LogP contribution in [0.2, 0.25) is 0 Å². The highest BCUT2D eigenvalue weighted by atomic mass is 79.9. The largest absolute Gasteiger partial charge is 0.394 e. The zero-order valence-corrected chi connectivity index (χ0v) is 11.3. The van der Waals surface area contributed by atoms with Gasteiger partial charge in [0.15, 0.2) is 0 Å². The van der Waals surface area contributed by atoms with Gasteiger partial charge in [-0.2, -0.15) is 0 Å². The molecule has 1 aromatic rings. The average Bonchev–Trinajstić information content (AvgIpc) is 2.28. The maximum Gasteiger partial charge on any atom is 0.254 e. The molecule has 17 heavy (non-hydrogen) atoms. The second-order valence-corrected chi connectivity index (χ2v) is 5.05. The van der Waals surface area contributed by atoms with Gasteiger partial charge < -0.3 is 10.4 Å². The summed E-state index contributed by atoms with van der Waals surface area (Å²) in [4.78, 5) is 11.8. The molecule has 1 amide bonds. The Morgan fingerprint density at radius 2 is 2.18 bits per heavy atom. The van der Waals surface area contributed by atoms with Gasteiger partial charge in [-0.1, -0.05) is 29.8 Å². The minimum absolute atomic E-state index is 0.0292. The van der Waals surface area contributed by atoms with Gasteiger partial charge in [0.25, 0.3) is 5.91 Å². The fraction of sp³-hybridized carbons (Fsp3) is 0.417. The summed E-state index contributed by atoms with van der Waals surface area (Å²) in [5, 5.41) is 11.7. The summed E-state index contributed by atoms with van der Waals surface area (Å²) < 4.78 is 14.1. The standard InChI is InChI=1S/C12H15BrFNO2/c1-7(2)11(6-16)15-12(17)9-5-8(13)3-4-10(9)14/h3-5,7,11,16H,6H2,1-2H3,(H,15,17)/t11-/m1/s1. The van der Waals surface area contributed by atoms with Gasteiger partial charge in [-0.3, -0.25) is 4.79 Å². The normalized spacial score (nSPS) is 12.6. The van der Waals surface area contributed by atoms with Crippen molar-refractivity contribution in [3.05, 3.63) is 34.1 Å². The lowest BCUT2D eigenvalue weighted by Gasteiger charge is -2.20. The molecule has 0 aliphatic rings. The van der Waals surface area contributed by atoms with E-state index in [0.29, 0.717) is 4.47 Å². The van der Waals surface area contributed by atoms with Gasteiger partial charge in [0.2, 0.25) is 0 Å². The Kier molecular flexibility index (Phi) is 5.08. The molecular formula is C12H15BrFNO2. The number of hydrogen-bond donors (Lipinski definition) is 2. The number of nitrogens with one attached hydrogen (secondary N) is 1. The molecule has 5 heteroatoms. The lowest BCUT2D eigenvalue weighted by atomic mass is 10.0. The molecule has 0 spiro atoms. The van der Waals surface area contributed by atoms with Gasteiger partial charge >= 0.3 is 0 Å². The highest BCUT2D eigenvalue weighted by Crippen LogP contribution is 2.16. The van der Waals surface area contributed by atoms with Crippen LogP contribution in [-0.2, 0) is 0 Å². The van der Waals surface area contributed by atoms with E-state index in [2.05, 4.69) is 21.2 Å². The highest BCUT2D eigenvalue weighted by Gasteiger charge is 2.18. The van der Waals surface area contributed by atoms with Crippen molar-refractivity contribution in [3.63, 3.8) is 0 Å². The van der Waals surface area contributed by atoms with Crippen LogP contribution in [0.5, 0.6) is 0 Å². The topological polar surface area (TPSA) is 49.3 Å². The number of halogens is 2. The molecule has 0 heterocycles. The van der Waals surface area contributed by atoms with Gasteiger partial charge in [0.1, 0.15) is 5.82 Å². The van der Waals surface area contributed by atoms with E-state index in [1.807, 2.05) is 13.8 Å². The van der Waals surface area contributed by atoms with Crippen LogP contribution in [0, 0.1) is 11.7 Å². The molecule has 0 radical (unpaired) electrons. The molecule has 0 saturated heterocycles. The fourth-order valence-corrected chi connectivity index (χ4v) is 1.70. The molecular weight excluding hydrogens is 289 g/mol. The Bertz CT molecular complexity index is 409. The maximum atomic E-state index is 13.4. The number of aliphatic hydroxyl groups is 1. The van der Waals surface area contributed by atoms with Gasteiger partial charge in [-0.25, -0.2) is 4.39 Å². The summed E-state index contributed by atoms with van der Waals surface area (Å²) in [6, 6.07) is 3.79. The Morgan fingerprint density at radius 3 is 2.71 bits per heavy atom. The lowest BCUT2D eigenvalue weighted by molar-refractivity contribution is 0.0892. The van der Waals surface area contributed by atoms with Crippen molar-refractivity contribution < 1.29 is 14.3 Å². The molecule has 0 aromatic heterocycles. The second kappa shape index (κ2) is 6.12. The third-order valence-corrected chi connectivity index (χ3v) is 2.98. The van der Waals surface area contributed by atoms with Crippen LogP contribution in [0.3, 0.4) is 0 Å². The smallest absolute Gasteiger partial charge is 0.254 e. The van der Waals surface area contributed by atoms with Crippen molar-refractivity contribution in [3.8, 4) is 0 Å². The minimum atomic E-state index is -0.578. The summed E-state index contributed by atoms with van der Waals surface area (Å²) in [7, 11) is 0. The summed E-state index contributed by atoms with van der Waals surface area (Å²) in [5.74, 6) is -1.01. The summed E-state index contributed by atoms with van der Waals surface area (Å²) in [5.41, 5.74) is -0.0292. The van der Waals surface area contributed by atoms with E-state index < -0.39 is 11.7 Å². The molecule has 94 valence electrons. The molecule has 3 nitrogen and oxygen atoms in total. The lowest BCUT2D eigenvalue weighted by Crippen LogP contribution is -2.41. The quantitative estimate of drug-likeness (QED) is 0.897. The molecule has 0 bridgehead atoms. The first-order chi connectivity index (χ1) is 7.95. The van der Waals surface area contributed by atoms with Crippen LogP contribution in [0.25, 0.3) is 0 Å². The third-order valence-electron chi connectivity index (χ3n) is 2.49. The fourth-order valence-electron chi connectivity index (χ4n) is 1.34. The number of rotatable bonds is 4. The molecule has 1 rings (SSSR count). The molecule has 1 aromatic carbocycles. The van der Waals surface area contributed by atoms with Gasteiger partial charge in [-0.05, 0) is 24.1 Å². The highest BCUT2D eigenvalue weighted by molar-refractivity contribution is 9.10. The van der Waals surface area contributed by atoms with E-state index in [1.165, 1.54) is 18.2 Å². The van der Waals surface area contributed by atoms with E-state index in [0.717, 1.165) is 0 Å². The molecule has 0 saturated carbocycles. The maximum absolute atomic E-state index is 13.4. The first kappa shape index (κ1) is 14.1. The van der Waals surface area contributed by atoms with Crippen molar-refractivity contribution in [2.45, 2.75) is 19.9 Å². The van der Waals surface area contributed by atoms with E-state index in [-0.39, 0.29) is 24.1 Å². The van der Waals surface area contributed by atoms with E-state index in [9.17, 15) is 9.18 Å². The molecule has 1 atom stereocenters. The van der Waals surface area contributed by atoms with Crippen molar-refractivity contribution >= 4 is 21.8 Å². The molecule has 0 unspecified atom stereocenters. The predicted octanol–water partition coefficient (Wildman–Crippen LogP) is 2.33. The van der Waals surface area contributed by atoms with E-state index in [1.54, 1.807) is 0 Å². The van der Waals surface area contributed by atoms with Crippen LogP contribution in [0.1, 0.15) is 24.2 Å². The summed E-state index contributed by atoms with van der Waals surface area (Å²) in [6.45, 7) is 3.58. The second-order valence-electron chi connectivity index (χ2n) is 4.13. The third kappa shape index (κ3) is 3.78. The van der Waals surface area contributed by atoms with Crippen molar-refractivity contribution in [1.82, 2.24) is 5.32 Å². The van der Waals surface area contributed by atoms with E-state index in [4.69, 9.17) is 5.11 Å². The van der Waals surface area contributed by atoms with Crippen molar-refractivity contribution in [1.29, 1.82) is 0 Å². The van der Waals surface area contributed by atoms with Crippen molar-refractivity contribution in [2.75, 3.05) is 6.61 Å². The van der Waals surface area contributed by atoms with Gasteiger partial charge in [-0.15, -0.1) is 0 Å². The van der Waals surface area contributed by atoms with Crippen LogP contribution in [0.15, 0.2) is 22.7 Å². The van der Waals surface area contributed by atoms with Gasteiger partial charge in [0, 0.05) is 4.47 Å². The number of carbonyl (C=O) groups is 1. The minimum Gasteiger partial charge on any atom is -0.394 e. The monoisotopic (exact) mass is 303 g/mol. The van der Waals surface area contributed by atoms with Crippen LogP contribution < -0.4 is 5.32 Å². The zero-order chi connectivity index (χ0) is 13.0. The molecule has 2 N–H and O–H groups in total. The Balaban J connectivity index is 2.86. The first-order valence-corrected chi connectivity index (χ1v) is 6.11. The average molecular weight is 304 g/mol. The predicted molar refractivity (Wildman–Crippen MR) is 67.3 cm³/mol. The molecule has 0 aliphatic heterocycles. The summed E-state index contributed by atoms with van der Waals surface area (Å²) >= 11 is 3.18. The van der Waals surface area contributed by atoms with E-state index >= 15 is 0 Å². The van der Waals surface area contributed by atoms with Crippen LogP contribution in [-0.4, -0.2) is 23.7 Å². The Labute approximate surface area is 108 Å². The number of hydrogen-bond acceptors (Lipinski definition) is 2. The van der Waals surface area contributed by atoms with Gasteiger partial charge in [0.05, 0.1) is 18.2 Å².